The van der Waals surface area contributed by atoms with Crippen LogP contribution < -0.4 is 11.0 Å². The Hall–Kier alpha value is -4.19. The van der Waals surface area contributed by atoms with Gasteiger partial charge in [0.15, 0.2) is 0 Å². The van der Waals surface area contributed by atoms with Crippen LogP contribution in [0.15, 0.2) is 96.1 Å². The maximum atomic E-state index is 12.9. The van der Waals surface area contributed by atoms with Gasteiger partial charge in [-0.25, -0.2) is 9.66 Å². The number of nitrogens with one attached hydrogen (secondary N) is 1. The Morgan fingerprint density at radius 1 is 0.900 bits per heavy atom. The Kier molecular flexibility index (Phi) is 4.37. The molecule has 3 aromatic carbocycles. The van der Waals surface area contributed by atoms with Crippen LogP contribution in [0.25, 0.3) is 33.1 Å². The lowest BCUT2D eigenvalue weighted by atomic mass is 10.1. The van der Waals surface area contributed by atoms with Gasteiger partial charge in [-0.05, 0) is 29.8 Å². The molecule has 30 heavy (non-hydrogen) atoms. The van der Waals surface area contributed by atoms with Gasteiger partial charge in [-0.1, -0.05) is 60.7 Å². The Morgan fingerprint density at radius 3 is 2.50 bits per heavy atom. The van der Waals surface area contributed by atoms with E-state index in [0.717, 1.165) is 26.8 Å². The molecule has 0 saturated heterocycles. The number of hydrogen-bond acceptors (Lipinski definition) is 3. The number of benzene rings is 3. The molecule has 0 spiro atoms. The van der Waals surface area contributed by atoms with E-state index in [0.29, 0.717) is 10.9 Å². The predicted octanol–water partition coefficient (Wildman–Crippen LogP) is 3.79. The van der Waals surface area contributed by atoms with E-state index in [1.165, 1.54) is 6.33 Å². The van der Waals surface area contributed by atoms with Crippen molar-refractivity contribution in [3.8, 4) is 11.3 Å². The summed E-state index contributed by atoms with van der Waals surface area (Å²) in [6.07, 6.45) is 1.34. The third-order valence-corrected chi connectivity index (χ3v) is 5.09. The lowest BCUT2D eigenvalue weighted by Gasteiger charge is -2.13. The number of hydrogen-bond donors (Lipinski definition) is 1. The summed E-state index contributed by atoms with van der Waals surface area (Å²) in [5.74, 6) is -0.312. The topological polar surface area (TPSA) is 68.9 Å². The molecule has 2 aromatic heterocycles. The number of carbonyl (C=O) groups excluding carboxylic acids is 1. The van der Waals surface area contributed by atoms with Gasteiger partial charge in [0, 0.05) is 16.6 Å². The molecule has 0 aliphatic rings. The molecule has 6 nitrogen and oxygen atoms in total. The Balaban J connectivity index is 1.51. The van der Waals surface area contributed by atoms with Crippen molar-refractivity contribution >= 4 is 27.7 Å². The van der Waals surface area contributed by atoms with Crippen LogP contribution in [-0.2, 0) is 11.3 Å². The Bertz CT molecular complexity index is 1430. The fraction of sp³-hybridized carbons (Fsp3) is 0.0417. The molecule has 0 radical (unpaired) electrons. The number of carbonyl (C=O) groups is 1. The summed E-state index contributed by atoms with van der Waals surface area (Å²) in [4.78, 5) is 29.8. The molecule has 0 fully saturated rings. The zero-order valence-corrected chi connectivity index (χ0v) is 16.0. The third-order valence-electron chi connectivity index (χ3n) is 5.09. The second-order valence-electron chi connectivity index (χ2n) is 7.01. The van der Waals surface area contributed by atoms with Crippen LogP contribution in [0.1, 0.15) is 0 Å². The lowest BCUT2D eigenvalue weighted by molar-refractivity contribution is -0.117. The van der Waals surface area contributed by atoms with Crippen LogP contribution in [0.5, 0.6) is 0 Å². The highest BCUT2D eigenvalue weighted by molar-refractivity contribution is 5.91. The molecule has 2 heterocycles. The largest absolute Gasteiger partial charge is 0.331 e. The van der Waals surface area contributed by atoms with Crippen LogP contribution in [0.3, 0.4) is 0 Å². The zero-order valence-electron chi connectivity index (χ0n) is 16.0. The molecule has 146 valence electrons. The normalized spacial score (nSPS) is 11.1. The molecule has 0 aliphatic carbocycles. The molecule has 0 bridgehead atoms. The van der Waals surface area contributed by atoms with Crippen molar-refractivity contribution in [3.05, 3.63) is 102 Å². The molecule has 0 unspecified atom stereocenters. The van der Waals surface area contributed by atoms with Crippen molar-refractivity contribution in [3.63, 3.8) is 0 Å². The van der Waals surface area contributed by atoms with Crippen LogP contribution in [0.4, 0.5) is 0 Å². The fourth-order valence-electron chi connectivity index (χ4n) is 3.69. The van der Waals surface area contributed by atoms with Crippen molar-refractivity contribution in [1.29, 1.82) is 0 Å². The molecule has 1 N–H and O–H groups in total. The van der Waals surface area contributed by atoms with Crippen LogP contribution in [0.2, 0.25) is 0 Å². The van der Waals surface area contributed by atoms with E-state index in [2.05, 4.69) is 16.5 Å². The number of amides is 1. The second kappa shape index (κ2) is 7.33. The van der Waals surface area contributed by atoms with Gasteiger partial charge in [-0.15, -0.1) is 0 Å². The van der Waals surface area contributed by atoms with Gasteiger partial charge < -0.3 is 4.57 Å². The van der Waals surface area contributed by atoms with Crippen molar-refractivity contribution in [2.75, 3.05) is 5.43 Å². The highest BCUT2D eigenvalue weighted by atomic mass is 16.2. The summed E-state index contributed by atoms with van der Waals surface area (Å²) in [5, 5.41) is 1.50. The minimum absolute atomic E-state index is 0.0665. The van der Waals surface area contributed by atoms with Gasteiger partial charge in [-0.2, -0.15) is 0 Å². The average molecular weight is 394 g/mol. The van der Waals surface area contributed by atoms with Crippen molar-refractivity contribution in [2.45, 2.75) is 6.54 Å². The van der Waals surface area contributed by atoms with Crippen LogP contribution in [0, 0.1) is 0 Å². The van der Waals surface area contributed by atoms with Crippen LogP contribution >= 0.6 is 0 Å². The Morgan fingerprint density at radius 2 is 1.63 bits per heavy atom. The highest BCUT2D eigenvalue weighted by Gasteiger charge is 2.14. The van der Waals surface area contributed by atoms with E-state index in [-0.39, 0.29) is 18.0 Å². The van der Waals surface area contributed by atoms with E-state index < -0.39 is 0 Å². The van der Waals surface area contributed by atoms with E-state index in [9.17, 15) is 9.59 Å². The van der Waals surface area contributed by atoms with E-state index >= 15 is 0 Å². The molecule has 5 rings (SSSR count). The van der Waals surface area contributed by atoms with Gasteiger partial charge in [-0.3, -0.25) is 15.0 Å². The highest BCUT2D eigenvalue weighted by Crippen LogP contribution is 2.28. The second-order valence-corrected chi connectivity index (χ2v) is 7.01. The van der Waals surface area contributed by atoms with Gasteiger partial charge in [0.25, 0.3) is 11.5 Å². The Labute approximate surface area is 172 Å². The van der Waals surface area contributed by atoms with Gasteiger partial charge in [0.05, 0.1) is 10.9 Å². The molecule has 0 atom stereocenters. The first kappa shape index (κ1) is 17.9. The molecule has 0 saturated carbocycles. The summed E-state index contributed by atoms with van der Waals surface area (Å²) >= 11 is 0. The summed E-state index contributed by atoms with van der Waals surface area (Å²) in [5.41, 5.74) is 5.86. The number of aromatic nitrogens is 3. The summed E-state index contributed by atoms with van der Waals surface area (Å²) < 4.78 is 3.10. The quantitative estimate of drug-likeness (QED) is 0.504. The van der Waals surface area contributed by atoms with E-state index in [4.69, 9.17) is 0 Å². The van der Waals surface area contributed by atoms with Crippen molar-refractivity contribution < 1.29 is 4.79 Å². The number of para-hydroxylation sites is 2. The van der Waals surface area contributed by atoms with Gasteiger partial charge in [0.1, 0.15) is 12.9 Å². The SMILES string of the molecule is O=C(Cn1c(-c2ccccc2)cc2ccccc21)Nn1cnc2ccccc2c1=O. The number of rotatable bonds is 4. The molecule has 1 amide bonds. The van der Waals surface area contributed by atoms with E-state index in [1.807, 2.05) is 65.2 Å². The zero-order chi connectivity index (χ0) is 20.5. The lowest BCUT2D eigenvalue weighted by Crippen LogP contribution is -2.35. The third kappa shape index (κ3) is 3.14. The summed E-state index contributed by atoms with van der Waals surface area (Å²) in [6.45, 7) is 0.0665. The first-order chi connectivity index (χ1) is 14.7. The predicted molar refractivity (Wildman–Crippen MR) is 118 cm³/mol. The van der Waals surface area contributed by atoms with Gasteiger partial charge in [0.2, 0.25) is 0 Å². The molecular formula is C24H18N4O2. The molecule has 5 aromatic rings. The fourth-order valence-corrected chi connectivity index (χ4v) is 3.69. The van der Waals surface area contributed by atoms with Crippen LogP contribution in [-0.4, -0.2) is 20.1 Å². The first-order valence-corrected chi connectivity index (χ1v) is 9.61. The summed E-state index contributed by atoms with van der Waals surface area (Å²) in [6, 6.07) is 27.0. The maximum Gasteiger partial charge on any atom is 0.280 e. The molecule has 6 heteroatoms. The average Bonchev–Trinajstić information content (AvgIpc) is 3.15. The summed E-state index contributed by atoms with van der Waals surface area (Å²) in [7, 11) is 0. The van der Waals surface area contributed by atoms with Gasteiger partial charge >= 0.3 is 0 Å². The van der Waals surface area contributed by atoms with Crippen molar-refractivity contribution in [2.24, 2.45) is 0 Å². The van der Waals surface area contributed by atoms with E-state index in [1.54, 1.807) is 18.2 Å². The minimum atomic E-state index is -0.312. The van der Waals surface area contributed by atoms with Crippen molar-refractivity contribution in [1.82, 2.24) is 14.2 Å². The maximum absolute atomic E-state index is 12.9. The standard InChI is InChI=1S/C24H18N4O2/c29-23(26-28-16-25-20-12-6-5-11-19(20)24(28)30)15-27-21-13-7-4-10-18(21)14-22(27)17-8-2-1-3-9-17/h1-14,16H,15H2,(H,26,29). The smallest absolute Gasteiger partial charge is 0.280 e. The monoisotopic (exact) mass is 394 g/mol. The number of fused-ring (bicyclic) bond motifs is 2. The first-order valence-electron chi connectivity index (χ1n) is 9.61. The molecule has 0 aliphatic heterocycles. The molecular weight excluding hydrogens is 376 g/mol. The minimum Gasteiger partial charge on any atom is -0.331 e. The number of nitrogens with zero attached hydrogens (tertiary/aromatic N) is 3.